The fourth-order valence-corrected chi connectivity index (χ4v) is 3.12. The molecule has 1 aromatic heterocycles. The molecule has 0 saturated carbocycles. The number of pyridine rings is 1. The van der Waals surface area contributed by atoms with Gasteiger partial charge in [-0.25, -0.2) is 9.78 Å². The molecule has 6 heteroatoms. The monoisotopic (exact) mass is 304 g/mol. The summed E-state index contributed by atoms with van der Waals surface area (Å²) in [5, 5.41) is 0. The van der Waals surface area contributed by atoms with Gasteiger partial charge in [0.05, 0.1) is 6.54 Å². The number of carbonyl (C=O) groups is 1. The number of nitrogens with zero attached hydrogens (tertiary/aromatic N) is 4. The largest absolute Gasteiger partial charge is 0.448 e. The van der Waals surface area contributed by atoms with E-state index in [9.17, 15) is 4.79 Å². The van der Waals surface area contributed by atoms with Gasteiger partial charge in [-0.15, -0.1) is 0 Å². The average molecular weight is 304 g/mol. The van der Waals surface area contributed by atoms with Gasteiger partial charge in [0.1, 0.15) is 12.4 Å². The van der Waals surface area contributed by atoms with Crippen molar-refractivity contribution in [3.8, 4) is 0 Å². The smallest absolute Gasteiger partial charge is 0.409 e. The van der Waals surface area contributed by atoms with Crippen molar-refractivity contribution in [2.75, 3.05) is 50.8 Å². The summed E-state index contributed by atoms with van der Waals surface area (Å²) in [6.07, 6.45) is -0.171. The Labute approximate surface area is 131 Å². The molecule has 1 aromatic rings. The van der Waals surface area contributed by atoms with Gasteiger partial charge in [0.15, 0.2) is 0 Å². The van der Waals surface area contributed by atoms with Crippen LogP contribution in [0.3, 0.4) is 0 Å². The standard InChI is InChI=1S/C16H24N4O2/c1-13-4-3-5-15(17-13)20-9-7-18(14(2)12-20)6-8-19-10-11-22-16(19)21/h3-5,14H,6-12H2,1-2H3. The molecule has 3 heterocycles. The molecular formula is C16H24N4O2. The number of amides is 1. The first kappa shape index (κ1) is 15.1. The van der Waals surface area contributed by atoms with Gasteiger partial charge in [0.2, 0.25) is 0 Å². The van der Waals surface area contributed by atoms with Crippen molar-refractivity contribution >= 4 is 11.9 Å². The number of hydrogen-bond acceptors (Lipinski definition) is 5. The maximum absolute atomic E-state index is 11.5. The van der Waals surface area contributed by atoms with E-state index in [0.29, 0.717) is 12.6 Å². The molecule has 2 fully saturated rings. The van der Waals surface area contributed by atoms with Crippen molar-refractivity contribution in [1.29, 1.82) is 0 Å². The third-order valence-corrected chi connectivity index (χ3v) is 4.46. The molecule has 0 aromatic carbocycles. The molecule has 0 radical (unpaired) electrons. The highest BCUT2D eigenvalue weighted by molar-refractivity contribution is 5.69. The SMILES string of the molecule is Cc1cccc(N2CCN(CCN3CCOC3=O)C(C)C2)n1. The van der Waals surface area contributed by atoms with E-state index < -0.39 is 0 Å². The van der Waals surface area contributed by atoms with Crippen molar-refractivity contribution in [2.45, 2.75) is 19.9 Å². The molecule has 1 atom stereocenters. The number of hydrogen-bond donors (Lipinski definition) is 0. The molecule has 0 aliphatic carbocycles. The second-order valence-electron chi connectivity index (χ2n) is 6.07. The van der Waals surface area contributed by atoms with E-state index in [1.807, 2.05) is 13.0 Å². The quantitative estimate of drug-likeness (QED) is 0.840. The van der Waals surface area contributed by atoms with Crippen LogP contribution in [-0.2, 0) is 4.74 Å². The molecule has 3 rings (SSSR count). The number of aromatic nitrogens is 1. The highest BCUT2D eigenvalue weighted by atomic mass is 16.6. The Morgan fingerprint density at radius 1 is 1.27 bits per heavy atom. The van der Waals surface area contributed by atoms with E-state index in [-0.39, 0.29) is 6.09 Å². The Bertz CT molecular complexity index is 537. The molecule has 0 spiro atoms. The molecule has 6 nitrogen and oxygen atoms in total. The number of cyclic esters (lactones) is 1. The third-order valence-electron chi connectivity index (χ3n) is 4.46. The summed E-state index contributed by atoms with van der Waals surface area (Å²) in [5.74, 6) is 1.06. The van der Waals surface area contributed by atoms with Crippen molar-refractivity contribution in [1.82, 2.24) is 14.8 Å². The fraction of sp³-hybridized carbons (Fsp3) is 0.625. The molecular weight excluding hydrogens is 280 g/mol. The molecule has 1 amide bonds. The van der Waals surface area contributed by atoms with Gasteiger partial charge < -0.3 is 14.5 Å². The second kappa shape index (κ2) is 6.52. The van der Waals surface area contributed by atoms with Gasteiger partial charge in [0, 0.05) is 44.5 Å². The number of anilines is 1. The van der Waals surface area contributed by atoms with Crippen molar-refractivity contribution in [3.05, 3.63) is 23.9 Å². The number of piperazine rings is 1. The van der Waals surface area contributed by atoms with Crippen molar-refractivity contribution < 1.29 is 9.53 Å². The molecule has 120 valence electrons. The van der Waals surface area contributed by atoms with E-state index in [2.05, 4.69) is 33.8 Å². The van der Waals surface area contributed by atoms with Crippen molar-refractivity contribution in [2.24, 2.45) is 0 Å². The van der Waals surface area contributed by atoms with Gasteiger partial charge in [-0.1, -0.05) is 6.07 Å². The first-order valence-corrected chi connectivity index (χ1v) is 7.98. The van der Waals surface area contributed by atoms with Gasteiger partial charge in [0.25, 0.3) is 0 Å². The molecule has 2 saturated heterocycles. The van der Waals surface area contributed by atoms with E-state index in [4.69, 9.17) is 4.74 Å². The van der Waals surface area contributed by atoms with Crippen LogP contribution >= 0.6 is 0 Å². The van der Waals surface area contributed by atoms with Crippen LogP contribution in [0, 0.1) is 6.92 Å². The lowest BCUT2D eigenvalue weighted by molar-refractivity contribution is 0.143. The zero-order valence-electron chi connectivity index (χ0n) is 13.4. The van der Waals surface area contributed by atoms with Gasteiger partial charge in [-0.05, 0) is 26.0 Å². The lowest BCUT2D eigenvalue weighted by Gasteiger charge is -2.40. The first-order chi connectivity index (χ1) is 10.6. The number of rotatable bonds is 4. The molecule has 0 bridgehead atoms. The molecule has 22 heavy (non-hydrogen) atoms. The Hall–Kier alpha value is -1.82. The summed E-state index contributed by atoms with van der Waals surface area (Å²) in [4.78, 5) is 22.7. The van der Waals surface area contributed by atoms with E-state index in [0.717, 1.165) is 50.8 Å². The highest BCUT2D eigenvalue weighted by Crippen LogP contribution is 2.17. The van der Waals surface area contributed by atoms with Crippen LogP contribution in [0.5, 0.6) is 0 Å². The van der Waals surface area contributed by atoms with Crippen LogP contribution in [0.15, 0.2) is 18.2 Å². The zero-order valence-corrected chi connectivity index (χ0v) is 13.4. The van der Waals surface area contributed by atoms with Crippen LogP contribution in [0.25, 0.3) is 0 Å². The zero-order chi connectivity index (χ0) is 15.5. The van der Waals surface area contributed by atoms with E-state index >= 15 is 0 Å². The maximum atomic E-state index is 11.5. The van der Waals surface area contributed by atoms with Gasteiger partial charge >= 0.3 is 6.09 Å². The lowest BCUT2D eigenvalue weighted by Crippen LogP contribution is -2.53. The highest BCUT2D eigenvalue weighted by Gasteiger charge is 2.27. The maximum Gasteiger partial charge on any atom is 0.409 e. The van der Waals surface area contributed by atoms with Crippen LogP contribution in [0.1, 0.15) is 12.6 Å². The predicted molar refractivity (Wildman–Crippen MR) is 85.1 cm³/mol. The number of ether oxygens (including phenoxy) is 1. The Balaban J connectivity index is 1.52. The predicted octanol–water partition coefficient (Wildman–Crippen LogP) is 1.35. The summed E-state index contributed by atoms with van der Waals surface area (Å²) in [5.41, 5.74) is 1.06. The Morgan fingerprint density at radius 3 is 2.82 bits per heavy atom. The second-order valence-corrected chi connectivity index (χ2v) is 6.07. The normalized spacial score (nSPS) is 23.0. The molecule has 2 aliphatic heterocycles. The van der Waals surface area contributed by atoms with Crippen LogP contribution in [0.2, 0.25) is 0 Å². The van der Waals surface area contributed by atoms with Gasteiger partial charge in [-0.2, -0.15) is 0 Å². The number of carbonyl (C=O) groups excluding carboxylic acids is 1. The summed E-state index contributed by atoms with van der Waals surface area (Å²) in [6, 6.07) is 6.62. The average Bonchev–Trinajstić information content (AvgIpc) is 2.91. The van der Waals surface area contributed by atoms with Crippen LogP contribution in [-0.4, -0.2) is 72.8 Å². The summed E-state index contributed by atoms with van der Waals surface area (Å²) < 4.78 is 4.97. The van der Waals surface area contributed by atoms with E-state index in [1.54, 1.807) is 4.90 Å². The summed E-state index contributed by atoms with van der Waals surface area (Å²) >= 11 is 0. The van der Waals surface area contributed by atoms with Crippen LogP contribution in [0.4, 0.5) is 10.6 Å². The van der Waals surface area contributed by atoms with Gasteiger partial charge in [-0.3, -0.25) is 4.90 Å². The van der Waals surface area contributed by atoms with Crippen LogP contribution < -0.4 is 4.90 Å². The molecule has 1 unspecified atom stereocenters. The summed E-state index contributed by atoms with van der Waals surface area (Å²) in [7, 11) is 0. The minimum absolute atomic E-state index is 0.171. The minimum atomic E-state index is -0.171. The Kier molecular flexibility index (Phi) is 4.47. The topological polar surface area (TPSA) is 48.9 Å². The summed E-state index contributed by atoms with van der Waals surface area (Å²) in [6.45, 7) is 10.1. The van der Waals surface area contributed by atoms with E-state index in [1.165, 1.54) is 0 Å². The molecule has 0 N–H and O–H groups in total. The first-order valence-electron chi connectivity index (χ1n) is 7.98. The lowest BCUT2D eigenvalue weighted by atomic mass is 10.2. The number of aryl methyl sites for hydroxylation is 1. The fourth-order valence-electron chi connectivity index (χ4n) is 3.12. The minimum Gasteiger partial charge on any atom is -0.448 e. The third kappa shape index (κ3) is 3.32. The van der Waals surface area contributed by atoms with Crippen molar-refractivity contribution in [3.63, 3.8) is 0 Å². The Morgan fingerprint density at radius 2 is 2.14 bits per heavy atom. The molecule has 2 aliphatic rings.